The number of nitrogens with zero attached hydrogens (tertiary/aromatic N) is 1. The van der Waals surface area contributed by atoms with E-state index in [2.05, 4.69) is 12.2 Å². The van der Waals surface area contributed by atoms with Gasteiger partial charge in [-0.2, -0.15) is 0 Å². The highest BCUT2D eigenvalue weighted by Gasteiger charge is 2.27. The minimum absolute atomic E-state index is 0.472. The monoisotopic (exact) mass is 320 g/mol. The van der Waals surface area contributed by atoms with Gasteiger partial charge in [0.15, 0.2) is 0 Å². The van der Waals surface area contributed by atoms with Gasteiger partial charge in [0.05, 0.1) is 6.26 Å². The molecule has 0 aliphatic carbocycles. The summed E-state index contributed by atoms with van der Waals surface area (Å²) in [5.41, 5.74) is 0. The predicted octanol–water partition coefficient (Wildman–Crippen LogP) is 1.84. The van der Waals surface area contributed by atoms with Gasteiger partial charge in [-0.15, -0.1) is 0 Å². The normalized spacial score (nSPS) is 22.3. The van der Waals surface area contributed by atoms with Crippen LogP contribution in [0.15, 0.2) is 0 Å². The van der Waals surface area contributed by atoms with Crippen molar-refractivity contribution < 1.29 is 13.2 Å². The van der Waals surface area contributed by atoms with Gasteiger partial charge in [0.25, 0.3) is 0 Å². The molecule has 0 aromatic rings. The summed E-state index contributed by atoms with van der Waals surface area (Å²) in [4.78, 5) is 0. The van der Waals surface area contributed by atoms with Crippen molar-refractivity contribution in [2.45, 2.75) is 52.0 Å². The summed E-state index contributed by atoms with van der Waals surface area (Å²) in [5, 5.41) is 3.54. The van der Waals surface area contributed by atoms with Gasteiger partial charge in [0, 0.05) is 32.3 Å². The maximum atomic E-state index is 11.7. The quantitative estimate of drug-likeness (QED) is 0.624. The summed E-state index contributed by atoms with van der Waals surface area (Å²) < 4.78 is 30.4. The first kappa shape index (κ1) is 18.9. The van der Waals surface area contributed by atoms with Crippen LogP contribution in [0.1, 0.15) is 46.0 Å². The molecule has 1 fully saturated rings. The molecule has 1 aliphatic heterocycles. The second-order valence-corrected chi connectivity index (χ2v) is 7.94. The minimum Gasteiger partial charge on any atom is -0.382 e. The molecular weight excluding hydrogens is 288 g/mol. The fourth-order valence-corrected chi connectivity index (χ4v) is 4.03. The largest absolute Gasteiger partial charge is 0.382 e. The van der Waals surface area contributed by atoms with E-state index in [1.165, 1.54) is 6.26 Å². The van der Waals surface area contributed by atoms with Gasteiger partial charge >= 0.3 is 0 Å². The van der Waals surface area contributed by atoms with E-state index in [4.69, 9.17) is 4.74 Å². The Kier molecular flexibility index (Phi) is 8.78. The zero-order chi connectivity index (χ0) is 15.7. The number of rotatable bonds is 10. The van der Waals surface area contributed by atoms with E-state index in [9.17, 15) is 8.42 Å². The number of sulfonamides is 1. The Balaban J connectivity index is 2.42. The molecule has 2 atom stereocenters. The fraction of sp³-hybridized carbons (Fsp3) is 1.00. The Morgan fingerprint density at radius 2 is 2.14 bits per heavy atom. The van der Waals surface area contributed by atoms with Crippen LogP contribution < -0.4 is 5.32 Å². The van der Waals surface area contributed by atoms with Gasteiger partial charge < -0.3 is 10.1 Å². The Bertz CT molecular complexity index is 373. The maximum absolute atomic E-state index is 11.7. The van der Waals surface area contributed by atoms with Crippen LogP contribution in [0.25, 0.3) is 0 Å². The molecule has 0 radical (unpaired) electrons. The summed E-state index contributed by atoms with van der Waals surface area (Å²) >= 11 is 0. The Morgan fingerprint density at radius 1 is 1.38 bits per heavy atom. The van der Waals surface area contributed by atoms with E-state index in [1.807, 2.05) is 6.92 Å². The lowest BCUT2D eigenvalue weighted by Gasteiger charge is -2.33. The van der Waals surface area contributed by atoms with Crippen LogP contribution in [0.4, 0.5) is 0 Å². The molecule has 0 aromatic carbocycles. The first-order valence-corrected chi connectivity index (χ1v) is 10.1. The van der Waals surface area contributed by atoms with Crippen molar-refractivity contribution in [1.29, 1.82) is 0 Å². The summed E-state index contributed by atoms with van der Waals surface area (Å²) in [6.45, 7) is 8.07. The first-order chi connectivity index (χ1) is 9.97. The highest BCUT2D eigenvalue weighted by molar-refractivity contribution is 7.88. The zero-order valence-electron chi connectivity index (χ0n) is 13.8. The smallest absolute Gasteiger partial charge is 0.211 e. The molecule has 1 aliphatic rings. The van der Waals surface area contributed by atoms with Crippen molar-refractivity contribution in [3.63, 3.8) is 0 Å². The highest BCUT2D eigenvalue weighted by Crippen LogP contribution is 2.23. The second kappa shape index (κ2) is 9.77. The molecule has 0 amide bonds. The van der Waals surface area contributed by atoms with Gasteiger partial charge in [-0.25, -0.2) is 12.7 Å². The van der Waals surface area contributed by atoms with Crippen LogP contribution in [0.3, 0.4) is 0 Å². The number of nitrogens with one attached hydrogen (secondary N) is 1. The summed E-state index contributed by atoms with van der Waals surface area (Å²) in [6, 6.07) is 0.472. The molecule has 0 bridgehead atoms. The van der Waals surface area contributed by atoms with E-state index >= 15 is 0 Å². The first-order valence-electron chi connectivity index (χ1n) is 8.23. The summed E-state index contributed by atoms with van der Waals surface area (Å²) in [7, 11) is -3.04. The van der Waals surface area contributed by atoms with Crippen molar-refractivity contribution in [3.05, 3.63) is 0 Å². The number of ether oxygens (including phenoxy) is 1. The molecule has 2 unspecified atom stereocenters. The molecule has 1 rings (SSSR count). The Morgan fingerprint density at radius 3 is 2.76 bits per heavy atom. The molecule has 0 spiro atoms. The maximum Gasteiger partial charge on any atom is 0.211 e. The van der Waals surface area contributed by atoms with E-state index in [0.717, 1.165) is 51.9 Å². The molecule has 126 valence electrons. The highest BCUT2D eigenvalue weighted by atomic mass is 32.2. The number of hydrogen-bond donors (Lipinski definition) is 1. The molecule has 0 saturated carbocycles. The number of hydrogen-bond acceptors (Lipinski definition) is 4. The van der Waals surface area contributed by atoms with Crippen LogP contribution in [-0.2, 0) is 14.8 Å². The Labute approximate surface area is 130 Å². The third-order valence-corrected chi connectivity index (χ3v) is 5.38. The van der Waals surface area contributed by atoms with E-state index in [0.29, 0.717) is 25.0 Å². The molecular formula is C15H32N2O3S. The van der Waals surface area contributed by atoms with Crippen LogP contribution in [0.5, 0.6) is 0 Å². The van der Waals surface area contributed by atoms with Crippen molar-refractivity contribution in [1.82, 2.24) is 9.62 Å². The fourth-order valence-electron chi connectivity index (χ4n) is 3.09. The van der Waals surface area contributed by atoms with Crippen molar-refractivity contribution in [2.24, 2.45) is 5.92 Å². The van der Waals surface area contributed by atoms with E-state index < -0.39 is 10.0 Å². The van der Waals surface area contributed by atoms with E-state index in [1.54, 1.807) is 4.31 Å². The van der Waals surface area contributed by atoms with Gasteiger partial charge in [-0.1, -0.05) is 6.92 Å². The number of piperidine rings is 1. The van der Waals surface area contributed by atoms with E-state index in [-0.39, 0.29) is 0 Å². The van der Waals surface area contributed by atoms with Crippen LogP contribution >= 0.6 is 0 Å². The molecule has 1 N–H and O–H groups in total. The van der Waals surface area contributed by atoms with Gasteiger partial charge in [-0.05, 0) is 51.5 Å². The van der Waals surface area contributed by atoms with Gasteiger partial charge in [0.1, 0.15) is 0 Å². The third-order valence-electron chi connectivity index (χ3n) is 4.11. The molecule has 0 aromatic heterocycles. The third kappa shape index (κ3) is 7.58. The average Bonchev–Trinajstić information content (AvgIpc) is 2.43. The van der Waals surface area contributed by atoms with Crippen LogP contribution in [-0.4, -0.2) is 57.9 Å². The Hall–Kier alpha value is -0.170. The van der Waals surface area contributed by atoms with Gasteiger partial charge in [-0.3, -0.25) is 0 Å². The second-order valence-electron chi connectivity index (χ2n) is 5.96. The summed E-state index contributed by atoms with van der Waals surface area (Å²) in [6.07, 6.45) is 6.66. The lowest BCUT2D eigenvalue weighted by Crippen LogP contribution is -2.41. The minimum atomic E-state index is -3.04. The van der Waals surface area contributed by atoms with Crippen LogP contribution in [0, 0.1) is 5.92 Å². The molecule has 5 nitrogen and oxygen atoms in total. The zero-order valence-corrected chi connectivity index (χ0v) is 14.6. The molecule has 1 heterocycles. The lowest BCUT2D eigenvalue weighted by molar-refractivity contribution is 0.138. The van der Waals surface area contributed by atoms with Crippen molar-refractivity contribution >= 4 is 10.0 Å². The van der Waals surface area contributed by atoms with Crippen molar-refractivity contribution in [2.75, 3.05) is 39.1 Å². The predicted molar refractivity (Wildman–Crippen MR) is 86.9 cm³/mol. The average molecular weight is 320 g/mol. The van der Waals surface area contributed by atoms with Gasteiger partial charge in [0.2, 0.25) is 10.0 Å². The lowest BCUT2D eigenvalue weighted by atomic mass is 9.90. The van der Waals surface area contributed by atoms with Crippen LogP contribution in [0.2, 0.25) is 0 Å². The molecule has 6 heteroatoms. The van der Waals surface area contributed by atoms with Crippen molar-refractivity contribution in [3.8, 4) is 0 Å². The molecule has 21 heavy (non-hydrogen) atoms. The SMILES string of the molecule is CCNC(CCCOCC)CC1CCCN(S(C)(=O)=O)C1. The standard InChI is InChI=1S/C15H32N2O3S/c1-4-16-15(9-7-11-20-5-2)12-14-8-6-10-17(13-14)21(3,18)19/h14-16H,4-13H2,1-3H3. The topological polar surface area (TPSA) is 58.6 Å². The summed E-state index contributed by atoms with van der Waals surface area (Å²) in [5.74, 6) is 0.476. The molecule has 1 saturated heterocycles.